The molecule has 1 amide bonds. The molecule has 0 radical (unpaired) electrons. The lowest BCUT2D eigenvalue weighted by molar-refractivity contribution is -0.0515. The minimum Gasteiger partial charge on any atom is -0.493 e. The zero-order valence-corrected chi connectivity index (χ0v) is 18.4. The molecule has 2 aromatic rings. The fourth-order valence-electron chi connectivity index (χ4n) is 3.88. The number of hydrogen-bond acceptors (Lipinski definition) is 5. The number of piperazine rings is 1. The topological polar surface area (TPSA) is 54.0 Å². The molecule has 0 saturated carbocycles. The Labute approximate surface area is 185 Å². The number of amides is 1. The summed E-state index contributed by atoms with van der Waals surface area (Å²) in [5, 5.41) is 2.78. The number of hydrogen-bond donors (Lipinski definition) is 1. The Hall–Kier alpha value is -2.94. The van der Waals surface area contributed by atoms with E-state index < -0.39 is 24.4 Å². The Morgan fingerprint density at radius 2 is 1.88 bits per heavy atom. The molecule has 6 nitrogen and oxygen atoms in total. The van der Waals surface area contributed by atoms with E-state index in [0.29, 0.717) is 5.56 Å². The van der Waals surface area contributed by atoms with Crippen LogP contribution >= 0.6 is 0 Å². The van der Waals surface area contributed by atoms with Crippen molar-refractivity contribution in [2.45, 2.75) is 26.5 Å². The number of para-hydroxylation sites is 1. The van der Waals surface area contributed by atoms with E-state index in [1.807, 2.05) is 0 Å². The fourth-order valence-corrected chi connectivity index (χ4v) is 3.88. The predicted molar refractivity (Wildman–Crippen MR) is 116 cm³/mol. The molecule has 1 aliphatic rings. The lowest BCUT2D eigenvalue weighted by Crippen LogP contribution is -2.46. The quantitative estimate of drug-likeness (QED) is 0.656. The van der Waals surface area contributed by atoms with Crippen molar-refractivity contribution in [1.82, 2.24) is 10.2 Å². The average molecular weight is 451 g/mol. The summed E-state index contributed by atoms with van der Waals surface area (Å²) in [6.07, 6.45) is 0. The van der Waals surface area contributed by atoms with Crippen molar-refractivity contribution in [2.75, 3.05) is 44.7 Å². The lowest BCUT2D eigenvalue weighted by Gasteiger charge is -2.37. The van der Waals surface area contributed by atoms with Crippen molar-refractivity contribution in [3.8, 4) is 11.5 Å². The monoisotopic (exact) mass is 451 g/mol. The normalized spacial score (nSPS) is 15.5. The molecule has 0 aliphatic carbocycles. The van der Waals surface area contributed by atoms with E-state index in [1.165, 1.54) is 37.4 Å². The van der Waals surface area contributed by atoms with Crippen molar-refractivity contribution >= 4 is 11.6 Å². The third-order valence-corrected chi connectivity index (χ3v) is 5.61. The maximum atomic E-state index is 14.1. The second kappa shape index (κ2) is 10.6. The summed E-state index contributed by atoms with van der Waals surface area (Å²) < 4.78 is 49.5. The minimum absolute atomic E-state index is 0.0193. The highest BCUT2D eigenvalue weighted by Gasteiger charge is 2.25. The van der Waals surface area contributed by atoms with Crippen LogP contribution in [-0.2, 0) is 0 Å². The number of methoxy groups -OCH3 is 1. The van der Waals surface area contributed by atoms with Crippen molar-refractivity contribution < 1.29 is 27.4 Å². The number of halogens is 3. The van der Waals surface area contributed by atoms with Crippen LogP contribution in [0, 0.1) is 5.82 Å². The van der Waals surface area contributed by atoms with Gasteiger partial charge in [0.05, 0.1) is 18.7 Å². The first kappa shape index (κ1) is 23.7. The maximum Gasteiger partial charge on any atom is 0.387 e. The highest BCUT2D eigenvalue weighted by Crippen LogP contribution is 2.34. The molecule has 3 rings (SSSR count). The van der Waals surface area contributed by atoms with Crippen LogP contribution in [0.5, 0.6) is 11.5 Å². The number of nitrogens with zero attached hydrogens (tertiary/aromatic N) is 2. The fraction of sp³-hybridized carbons (Fsp3) is 0.435. The summed E-state index contributed by atoms with van der Waals surface area (Å²) in [5.41, 5.74) is 1.36. The molecule has 1 atom stereocenters. The van der Waals surface area contributed by atoms with Gasteiger partial charge in [-0.25, -0.2) is 4.39 Å². The largest absolute Gasteiger partial charge is 0.493 e. The summed E-state index contributed by atoms with van der Waals surface area (Å²) in [6.45, 7) is 5.06. The average Bonchev–Trinajstić information content (AvgIpc) is 2.78. The molecule has 1 saturated heterocycles. The van der Waals surface area contributed by atoms with Gasteiger partial charge in [-0.05, 0) is 43.8 Å². The summed E-state index contributed by atoms with van der Waals surface area (Å²) >= 11 is 0. The minimum atomic E-state index is -3.12. The smallest absolute Gasteiger partial charge is 0.387 e. The number of benzene rings is 2. The Morgan fingerprint density at radius 3 is 2.50 bits per heavy atom. The van der Waals surface area contributed by atoms with E-state index >= 15 is 0 Å². The van der Waals surface area contributed by atoms with E-state index in [2.05, 4.69) is 26.8 Å². The highest BCUT2D eigenvalue weighted by molar-refractivity contribution is 5.98. The number of rotatable bonds is 8. The molecule has 9 heteroatoms. The van der Waals surface area contributed by atoms with Gasteiger partial charge in [-0.15, -0.1) is 0 Å². The van der Waals surface area contributed by atoms with Gasteiger partial charge in [0.2, 0.25) is 0 Å². The number of likely N-dealkylation sites (N-methyl/N-ethyl adjacent to an activating group) is 1. The van der Waals surface area contributed by atoms with Crippen LogP contribution in [0.3, 0.4) is 0 Å². The molecular formula is C23H28F3N3O3. The molecule has 1 N–H and O–H groups in total. The summed E-state index contributed by atoms with van der Waals surface area (Å²) in [6, 6.07) is 8.24. The van der Waals surface area contributed by atoms with Gasteiger partial charge in [-0.1, -0.05) is 13.0 Å². The van der Waals surface area contributed by atoms with Crippen LogP contribution < -0.4 is 19.7 Å². The zero-order chi connectivity index (χ0) is 23.3. The number of nitrogens with one attached hydrogen (secondary N) is 1. The van der Waals surface area contributed by atoms with Crippen molar-refractivity contribution in [3.05, 3.63) is 53.3 Å². The van der Waals surface area contributed by atoms with Crippen molar-refractivity contribution in [3.63, 3.8) is 0 Å². The number of carbonyl (C=O) groups is 1. The van der Waals surface area contributed by atoms with Gasteiger partial charge in [-0.3, -0.25) is 4.79 Å². The van der Waals surface area contributed by atoms with E-state index in [0.717, 1.165) is 38.4 Å². The molecule has 0 aromatic heterocycles. The molecule has 1 aliphatic heterocycles. The maximum absolute atomic E-state index is 14.1. The first-order chi connectivity index (χ1) is 15.3. The van der Waals surface area contributed by atoms with Gasteiger partial charge in [0.15, 0.2) is 11.5 Å². The standard InChI is InChI=1S/C23H28F3N3O3/c1-4-28-10-12-29(13-11-28)19-9-8-16(24)14-18(19)15(2)27-22(30)17-6-5-7-20(31-3)21(17)32-23(25)26/h5-9,14-15,23H,4,10-13H2,1-3H3,(H,27,30). The summed E-state index contributed by atoms with van der Waals surface area (Å²) in [4.78, 5) is 17.4. The molecule has 0 bridgehead atoms. The Morgan fingerprint density at radius 1 is 1.16 bits per heavy atom. The number of alkyl halides is 2. The van der Waals surface area contributed by atoms with E-state index in [-0.39, 0.29) is 17.1 Å². The first-order valence-corrected chi connectivity index (χ1v) is 10.5. The third kappa shape index (κ3) is 5.45. The van der Waals surface area contributed by atoms with Crippen LogP contribution in [0.1, 0.15) is 35.8 Å². The van der Waals surface area contributed by atoms with Crippen molar-refractivity contribution in [1.29, 1.82) is 0 Å². The van der Waals surface area contributed by atoms with Crippen LogP contribution in [-0.4, -0.2) is 57.3 Å². The predicted octanol–water partition coefficient (Wildman–Crippen LogP) is 4.07. The van der Waals surface area contributed by atoms with Gasteiger partial charge >= 0.3 is 6.61 Å². The number of ether oxygens (including phenoxy) is 2. The van der Waals surface area contributed by atoms with Crippen LogP contribution in [0.4, 0.5) is 18.9 Å². The van der Waals surface area contributed by atoms with Gasteiger partial charge in [0, 0.05) is 37.4 Å². The number of carbonyl (C=O) groups excluding carboxylic acids is 1. The number of anilines is 1. The van der Waals surface area contributed by atoms with Gasteiger partial charge in [0.25, 0.3) is 5.91 Å². The highest BCUT2D eigenvalue weighted by atomic mass is 19.3. The molecular weight excluding hydrogens is 423 g/mol. The molecule has 0 spiro atoms. The molecule has 1 heterocycles. The Kier molecular flexibility index (Phi) is 7.84. The molecule has 32 heavy (non-hydrogen) atoms. The van der Waals surface area contributed by atoms with Gasteiger partial charge in [-0.2, -0.15) is 8.78 Å². The SMILES string of the molecule is CCN1CCN(c2ccc(F)cc2C(C)NC(=O)c2cccc(OC)c2OC(F)F)CC1. The van der Waals surface area contributed by atoms with Crippen LogP contribution in [0.2, 0.25) is 0 Å². The molecule has 2 aromatic carbocycles. The Balaban J connectivity index is 1.84. The van der Waals surface area contributed by atoms with Crippen molar-refractivity contribution in [2.24, 2.45) is 0 Å². The molecule has 1 unspecified atom stereocenters. The van der Waals surface area contributed by atoms with Crippen LogP contribution in [0.15, 0.2) is 36.4 Å². The third-order valence-electron chi connectivity index (χ3n) is 5.61. The zero-order valence-electron chi connectivity index (χ0n) is 18.4. The second-order valence-electron chi connectivity index (χ2n) is 7.54. The second-order valence-corrected chi connectivity index (χ2v) is 7.54. The van der Waals surface area contributed by atoms with E-state index in [1.54, 1.807) is 13.0 Å². The van der Waals surface area contributed by atoms with Crippen LogP contribution in [0.25, 0.3) is 0 Å². The summed E-state index contributed by atoms with van der Waals surface area (Å²) in [5.74, 6) is -1.37. The summed E-state index contributed by atoms with van der Waals surface area (Å²) in [7, 11) is 1.30. The molecule has 174 valence electrons. The molecule has 1 fully saturated rings. The van der Waals surface area contributed by atoms with Gasteiger partial charge < -0.3 is 24.6 Å². The van der Waals surface area contributed by atoms with E-state index in [9.17, 15) is 18.0 Å². The van der Waals surface area contributed by atoms with E-state index in [4.69, 9.17) is 4.74 Å². The van der Waals surface area contributed by atoms with Gasteiger partial charge in [0.1, 0.15) is 5.82 Å². The lowest BCUT2D eigenvalue weighted by atomic mass is 10.0. The Bertz CT molecular complexity index is 934. The first-order valence-electron chi connectivity index (χ1n) is 10.5.